The van der Waals surface area contributed by atoms with Crippen molar-refractivity contribution in [1.82, 2.24) is 0 Å². The number of aliphatic hydroxyl groups is 3. The van der Waals surface area contributed by atoms with Crippen molar-refractivity contribution in [3.05, 3.63) is 41.5 Å². The zero-order valence-electron chi connectivity index (χ0n) is 19.9. The average molecular weight is 459 g/mol. The maximum Gasteiger partial charge on any atom is 0.186 e. The first-order valence-electron chi connectivity index (χ1n) is 12.5. The van der Waals surface area contributed by atoms with E-state index in [1.54, 1.807) is 14.0 Å². The van der Waals surface area contributed by atoms with Crippen molar-refractivity contribution in [1.29, 1.82) is 0 Å². The minimum atomic E-state index is -1.27. The molecule has 10 atom stereocenters. The van der Waals surface area contributed by atoms with Crippen molar-refractivity contribution in [3.63, 3.8) is 0 Å². The van der Waals surface area contributed by atoms with Crippen LogP contribution in [0.5, 0.6) is 5.75 Å². The molecule has 6 heteroatoms. The van der Waals surface area contributed by atoms with E-state index in [9.17, 15) is 15.3 Å². The lowest BCUT2D eigenvalue weighted by Gasteiger charge is -2.54. The molecular formula is C27H38O6. The molecule has 1 aromatic carbocycles. The summed E-state index contributed by atoms with van der Waals surface area (Å²) in [6, 6.07) is 6.58. The van der Waals surface area contributed by atoms with Gasteiger partial charge in [0.1, 0.15) is 24.1 Å². The topological polar surface area (TPSA) is 88.4 Å². The smallest absolute Gasteiger partial charge is 0.186 e. The molecule has 33 heavy (non-hydrogen) atoms. The molecule has 3 aliphatic carbocycles. The van der Waals surface area contributed by atoms with Crippen LogP contribution in [0.15, 0.2) is 30.4 Å². The van der Waals surface area contributed by atoms with Crippen LogP contribution in [0.2, 0.25) is 0 Å². The summed E-state index contributed by atoms with van der Waals surface area (Å²) < 4.78 is 17.7. The van der Waals surface area contributed by atoms with Crippen LogP contribution in [0, 0.1) is 17.3 Å². The second-order valence-electron chi connectivity index (χ2n) is 10.8. The molecule has 5 rings (SSSR count). The minimum Gasteiger partial charge on any atom is -0.497 e. The fourth-order valence-electron chi connectivity index (χ4n) is 7.11. The molecular weight excluding hydrogens is 420 g/mol. The Labute approximate surface area is 196 Å². The van der Waals surface area contributed by atoms with Gasteiger partial charge in [0, 0.05) is 0 Å². The van der Waals surface area contributed by atoms with Crippen LogP contribution >= 0.6 is 0 Å². The van der Waals surface area contributed by atoms with Gasteiger partial charge in [0.05, 0.1) is 19.3 Å². The van der Waals surface area contributed by atoms with E-state index in [4.69, 9.17) is 14.2 Å². The maximum absolute atomic E-state index is 10.6. The van der Waals surface area contributed by atoms with Crippen molar-refractivity contribution in [2.75, 3.05) is 7.11 Å². The van der Waals surface area contributed by atoms with Gasteiger partial charge in [0.15, 0.2) is 6.29 Å². The summed E-state index contributed by atoms with van der Waals surface area (Å²) in [7, 11) is 1.73. The monoisotopic (exact) mass is 458 g/mol. The van der Waals surface area contributed by atoms with Crippen molar-refractivity contribution in [2.24, 2.45) is 17.3 Å². The molecule has 0 amide bonds. The fraction of sp³-hybridized carbons (Fsp3) is 0.704. The largest absolute Gasteiger partial charge is 0.497 e. The molecule has 1 aromatic rings. The molecule has 1 heterocycles. The van der Waals surface area contributed by atoms with E-state index in [-0.39, 0.29) is 11.5 Å². The number of fused-ring (bicyclic) bond motifs is 5. The predicted octanol–water partition coefficient (Wildman–Crippen LogP) is 3.32. The van der Waals surface area contributed by atoms with E-state index in [2.05, 4.69) is 37.3 Å². The first kappa shape index (κ1) is 23.3. The molecule has 0 bridgehead atoms. The summed E-state index contributed by atoms with van der Waals surface area (Å²) in [5, 5.41) is 30.9. The average Bonchev–Trinajstić information content (AvgIpc) is 2.99. The van der Waals surface area contributed by atoms with Gasteiger partial charge in [-0.15, -0.1) is 0 Å². The lowest BCUT2D eigenvalue weighted by molar-refractivity contribution is -0.316. The third-order valence-electron chi connectivity index (χ3n) is 9.12. The second-order valence-corrected chi connectivity index (χ2v) is 10.8. The fourth-order valence-corrected chi connectivity index (χ4v) is 7.11. The van der Waals surface area contributed by atoms with Gasteiger partial charge in [-0.2, -0.15) is 0 Å². The Morgan fingerprint density at radius 2 is 1.82 bits per heavy atom. The highest BCUT2D eigenvalue weighted by atomic mass is 16.7. The Hall–Kier alpha value is -1.44. The molecule has 0 unspecified atom stereocenters. The number of hydrogen-bond acceptors (Lipinski definition) is 6. The van der Waals surface area contributed by atoms with E-state index >= 15 is 0 Å². The van der Waals surface area contributed by atoms with Gasteiger partial charge in [0.2, 0.25) is 0 Å². The molecule has 0 spiro atoms. The molecule has 4 aliphatic rings. The Kier molecular flexibility index (Phi) is 6.34. The van der Waals surface area contributed by atoms with Crippen molar-refractivity contribution in [3.8, 4) is 5.75 Å². The number of hydrogen-bond donors (Lipinski definition) is 3. The number of benzene rings is 1. The van der Waals surface area contributed by atoms with Crippen LogP contribution in [-0.4, -0.2) is 59.2 Å². The summed E-state index contributed by atoms with van der Waals surface area (Å²) in [4.78, 5) is 0. The van der Waals surface area contributed by atoms with Gasteiger partial charge in [-0.1, -0.05) is 25.1 Å². The third-order valence-corrected chi connectivity index (χ3v) is 9.12. The Bertz CT molecular complexity index is 885. The van der Waals surface area contributed by atoms with E-state index in [0.717, 1.165) is 44.3 Å². The summed E-state index contributed by atoms with van der Waals surface area (Å²) in [6.07, 6.45) is 5.39. The lowest BCUT2D eigenvalue weighted by Crippen LogP contribution is -2.59. The van der Waals surface area contributed by atoms with Gasteiger partial charge in [-0.05, 0) is 91.9 Å². The van der Waals surface area contributed by atoms with Crippen LogP contribution in [0.4, 0.5) is 0 Å². The quantitative estimate of drug-likeness (QED) is 0.603. The van der Waals surface area contributed by atoms with Crippen LogP contribution in [0.3, 0.4) is 0 Å². The van der Waals surface area contributed by atoms with Gasteiger partial charge < -0.3 is 29.5 Å². The van der Waals surface area contributed by atoms with Gasteiger partial charge in [0.25, 0.3) is 0 Å². The molecule has 1 aliphatic heterocycles. The maximum atomic E-state index is 10.6. The summed E-state index contributed by atoms with van der Waals surface area (Å²) in [5.41, 5.74) is 2.86. The normalized spacial score (nSPS) is 44.8. The molecule has 182 valence electrons. The van der Waals surface area contributed by atoms with E-state index < -0.39 is 30.7 Å². The van der Waals surface area contributed by atoms with E-state index in [0.29, 0.717) is 17.8 Å². The van der Waals surface area contributed by atoms with E-state index in [1.807, 2.05) is 0 Å². The highest BCUT2D eigenvalue weighted by molar-refractivity contribution is 5.40. The number of aryl methyl sites for hydroxylation is 1. The van der Waals surface area contributed by atoms with Gasteiger partial charge in [-0.3, -0.25) is 0 Å². The van der Waals surface area contributed by atoms with Crippen molar-refractivity contribution in [2.45, 2.75) is 95.1 Å². The SMILES string of the molecule is COc1ccc2c(c1)CC[C@@H]1[C@@H]2CC[C@]2(C)[C@@H](O[C@@H]3O[C@@H](C)[C@H](O)[C@@H](O)[C@H]3O)CC=CC[C@@H]12. The van der Waals surface area contributed by atoms with Crippen LogP contribution in [0.1, 0.15) is 63.0 Å². The number of aliphatic hydroxyl groups excluding tert-OH is 3. The number of methoxy groups -OCH3 is 1. The van der Waals surface area contributed by atoms with Gasteiger partial charge >= 0.3 is 0 Å². The van der Waals surface area contributed by atoms with Crippen molar-refractivity contribution >= 4 is 0 Å². The number of ether oxygens (including phenoxy) is 3. The molecule has 1 saturated heterocycles. The first-order chi connectivity index (χ1) is 15.8. The molecule has 3 N–H and O–H groups in total. The van der Waals surface area contributed by atoms with Crippen molar-refractivity contribution < 1.29 is 29.5 Å². The zero-order valence-corrected chi connectivity index (χ0v) is 19.9. The Morgan fingerprint density at radius 1 is 1.03 bits per heavy atom. The minimum absolute atomic E-state index is 0.0536. The first-order valence-corrected chi connectivity index (χ1v) is 12.5. The van der Waals surface area contributed by atoms with E-state index in [1.165, 1.54) is 11.1 Å². The number of allylic oxidation sites excluding steroid dienone is 1. The standard InChI is InChI=1S/C27H38O6/c1-15-23(28)24(29)25(30)26(32-15)33-22-7-5-4-6-21-20-10-8-16-14-17(31-3)9-11-18(16)19(20)12-13-27(21,22)2/h4-5,9,11,14-15,19-26,28-30H,6-8,10,12-13H2,1-3H3/t15-,19+,20+,21-,22-,23-,24+,25+,26-,27-/m0/s1. The van der Waals surface area contributed by atoms with Crippen LogP contribution in [0.25, 0.3) is 0 Å². The molecule has 0 radical (unpaired) electrons. The summed E-state index contributed by atoms with van der Waals surface area (Å²) in [6.45, 7) is 4.05. The molecule has 1 saturated carbocycles. The number of rotatable bonds is 3. The highest BCUT2D eigenvalue weighted by Gasteiger charge is 2.53. The Balaban J connectivity index is 1.39. The van der Waals surface area contributed by atoms with Crippen LogP contribution in [-0.2, 0) is 15.9 Å². The predicted molar refractivity (Wildman–Crippen MR) is 124 cm³/mol. The summed E-state index contributed by atoms with van der Waals surface area (Å²) >= 11 is 0. The van der Waals surface area contributed by atoms with Crippen LogP contribution < -0.4 is 4.74 Å². The highest BCUT2D eigenvalue weighted by Crippen LogP contribution is 2.59. The summed E-state index contributed by atoms with van der Waals surface area (Å²) in [5.74, 6) is 2.55. The van der Waals surface area contributed by atoms with Gasteiger partial charge in [-0.25, -0.2) is 0 Å². The Morgan fingerprint density at radius 3 is 2.61 bits per heavy atom. The zero-order chi connectivity index (χ0) is 23.3. The molecule has 2 fully saturated rings. The third kappa shape index (κ3) is 3.94. The second kappa shape index (κ2) is 8.97. The molecule has 0 aromatic heterocycles. The molecule has 6 nitrogen and oxygen atoms in total. The lowest BCUT2D eigenvalue weighted by atomic mass is 9.52.